The predicted octanol–water partition coefficient (Wildman–Crippen LogP) is 2.75. The van der Waals surface area contributed by atoms with Crippen LogP contribution >= 0.6 is 0 Å². The van der Waals surface area contributed by atoms with Gasteiger partial charge in [-0.05, 0) is 32.9 Å². The van der Waals surface area contributed by atoms with Crippen molar-refractivity contribution in [2.45, 2.75) is 32.9 Å². The maximum absolute atomic E-state index is 5.42. The molecule has 1 N–H and O–H groups in total. The lowest BCUT2D eigenvalue weighted by Crippen LogP contribution is -2.35. The van der Waals surface area contributed by atoms with Gasteiger partial charge in [0.15, 0.2) is 5.75 Å². The molecule has 0 aromatic carbocycles. The van der Waals surface area contributed by atoms with E-state index in [1.165, 1.54) is 0 Å². The Labute approximate surface area is 106 Å². The molecule has 0 fully saturated rings. The van der Waals surface area contributed by atoms with E-state index < -0.39 is 0 Å². The van der Waals surface area contributed by atoms with Crippen molar-refractivity contribution < 1.29 is 9.15 Å². The standard InChI is InChI=1S/C13H17N3O2/c1-13(2,3)15-7-10-9-17-12(16-10)18-11-5-4-6-14-8-11/h4-6,8-9,15H,7H2,1-3H3. The minimum atomic E-state index is 0.0450. The Morgan fingerprint density at radius 2 is 2.22 bits per heavy atom. The fourth-order valence-corrected chi connectivity index (χ4v) is 1.28. The van der Waals surface area contributed by atoms with Gasteiger partial charge in [-0.2, -0.15) is 4.98 Å². The third kappa shape index (κ3) is 3.85. The van der Waals surface area contributed by atoms with Gasteiger partial charge in [-0.15, -0.1) is 0 Å². The molecule has 2 heterocycles. The van der Waals surface area contributed by atoms with Gasteiger partial charge < -0.3 is 14.5 Å². The van der Waals surface area contributed by atoms with Crippen LogP contribution in [0.5, 0.6) is 11.8 Å². The summed E-state index contributed by atoms with van der Waals surface area (Å²) in [6.07, 6.45) is 5.11. The number of nitrogens with one attached hydrogen (secondary N) is 1. The Morgan fingerprint density at radius 3 is 2.89 bits per heavy atom. The molecule has 0 aliphatic rings. The maximum atomic E-state index is 5.42. The maximum Gasteiger partial charge on any atom is 0.399 e. The van der Waals surface area contributed by atoms with Crippen molar-refractivity contribution in [1.29, 1.82) is 0 Å². The van der Waals surface area contributed by atoms with E-state index in [2.05, 4.69) is 36.1 Å². The lowest BCUT2D eigenvalue weighted by molar-refractivity contribution is 0.330. The molecule has 0 bridgehead atoms. The molecule has 2 rings (SSSR count). The monoisotopic (exact) mass is 247 g/mol. The highest BCUT2D eigenvalue weighted by atomic mass is 16.6. The molecule has 96 valence electrons. The molecule has 0 spiro atoms. The lowest BCUT2D eigenvalue weighted by atomic mass is 10.1. The zero-order chi connectivity index (χ0) is 13.0. The van der Waals surface area contributed by atoms with E-state index in [1.807, 2.05) is 0 Å². The summed E-state index contributed by atoms with van der Waals surface area (Å²) in [5.41, 5.74) is 0.854. The number of oxazole rings is 1. The van der Waals surface area contributed by atoms with Crippen molar-refractivity contribution in [2.24, 2.45) is 0 Å². The van der Waals surface area contributed by atoms with Gasteiger partial charge >= 0.3 is 6.08 Å². The van der Waals surface area contributed by atoms with Crippen molar-refractivity contribution in [3.63, 3.8) is 0 Å². The number of pyridine rings is 1. The van der Waals surface area contributed by atoms with Gasteiger partial charge in [0.25, 0.3) is 0 Å². The first-order valence-corrected chi connectivity index (χ1v) is 5.80. The van der Waals surface area contributed by atoms with Crippen LogP contribution in [0.25, 0.3) is 0 Å². The fraction of sp³-hybridized carbons (Fsp3) is 0.385. The fourth-order valence-electron chi connectivity index (χ4n) is 1.28. The normalized spacial score (nSPS) is 11.5. The van der Waals surface area contributed by atoms with Gasteiger partial charge in [0.2, 0.25) is 0 Å². The summed E-state index contributed by atoms with van der Waals surface area (Å²) in [5.74, 6) is 0.606. The molecular weight excluding hydrogens is 230 g/mol. The van der Waals surface area contributed by atoms with E-state index in [1.54, 1.807) is 30.8 Å². The van der Waals surface area contributed by atoms with E-state index in [9.17, 15) is 0 Å². The summed E-state index contributed by atoms with van der Waals surface area (Å²) in [6.45, 7) is 6.93. The van der Waals surface area contributed by atoms with Crippen molar-refractivity contribution in [3.05, 3.63) is 36.5 Å². The van der Waals surface area contributed by atoms with Crippen molar-refractivity contribution >= 4 is 0 Å². The summed E-state index contributed by atoms with van der Waals surface area (Å²) in [4.78, 5) is 8.18. The van der Waals surface area contributed by atoms with Crippen molar-refractivity contribution in [3.8, 4) is 11.8 Å². The number of hydrogen-bond donors (Lipinski definition) is 1. The van der Waals surface area contributed by atoms with E-state index in [0.29, 0.717) is 12.3 Å². The molecule has 0 aliphatic heterocycles. The zero-order valence-corrected chi connectivity index (χ0v) is 10.8. The summed E-state index contributed by atoms with van der Waals surface area (Å²) < 4.78 is 10.7. The quantitative estimate of drug-likeness (QED) is 0.900. The molecule has 0 amide bonds. The second-order valence-electron chi connectivity index (χ2n) is 5.00. The second kappa shape index (κ2) is 5.18. The average Bonchev–Trinajstić information content (AvgIpc) is 2.75. The highest BCUT2D eigenvalue weighted by Gasteiger charge is 2.11. The molecule has 0 saturated carbocycles. The van der Waals surface area contributed by atoms with Gasteiger partial charge in [-0.3, -0.25) is 4.98 Å². The Kier molecular flexibility index (Phi) is 3.62. The summed E-state index contributed by atoms with van der Waals surface area (Å²) >= 11 is 0. The lowest BCUT2D eigenvalue weighted by Gasteiger charge is -2.19. The SMILES string of the molecule is CC(C)(C)NCc1coc(Oc2cccnc2)n1. The van der Waals surface area contributed by atoms with Crippen LogP contribution in [0.3, 0.4) is 0 Å². The molecule has 0 saturated heterocycles. The highest BCUT2D eigenvalue weighted by Crippen LogP contribution is 2.19. The van der Waals surface area contributed by atoms with E-state index in [4.69, 9.17) is 9.15 Å². The predicted molar refractivity (Wildman–Crippen MR) is 67.4 cm³/mol. The Morgan fingerprint density at radius 1 is 1.39 bits per heavy atom. The Hall–Kier alpha value is -1.88. The topological polar surface area (TPSA) is 60.2 Å². The molecule has 18 heavy (non-hydrogen) atoms. The Bertz CT molecular complexity index is 488. The van der Waals surface area contributed by atoms with Crippen LogP contribution in [-0.4, -0.2) is 15.5 Å². The summed E-state index contributed by atoms with van der Waals surface area (Å²) in [5, 5.41) is 3.32. The van der Waals surface area contributed by atoms with Crippen LogP contribution < -0.4 is 10.1 Å². The first kappa shape index (κ1) is 12.6. The van der Waals surface area contributed by atoms with Crippen molar-refractivity contribution in [1.82, 2.24) is 15.3 Å². The number of hydrogen-bond acceptors (Lipinski definition) is 5. The third-order valence-electron chi connectivity index (χ3n) is 2.17. The van der Waals surface area contributed by atoms with Crippen molar-refractivity contribution in [2.75, 3.05) is 0 Å². The van der Waals surface area contributed by atoms with Crippen LogP contribution in [-0.2, 0) is 6.54 Å². The van der Waals surface area contributed by atoms with E-state index in [-0.39, 0.29) is 11.6 Å². The van der Waals surface area contributed by atoms with Gasteiger partial charge in [0.05, 0.1) is 11.9 Å². The third-order valence-corrected chi connectivity index (χ3v) is 2.17. The molecule has 2 aromatic rings. The number of aromatic nitrogens is 2. The number of ether oxygens (including phenoxy) is 1. The molecule has 0 unspecified atom stereocenters. The van der Waals surface area contributed by atoms with Gasteiger partial charge in [-0.25, -0.2) is 0 Å². The smallest absolute Gasteiger partial charge is 0.399 e. The first-order valence-electron chi connectivity index (χ1n) is 5.80. The molecular formula is C13H17N3O2. The van der Waals surface area contributed by atoms with Gasteiger partial charge in [0, 0.05) is 18.3 Å². The molecule has 5 nitrogen and oxygen atoms in total. The summed E-state index contributed by atoms with van der Waals surface area (Å²) in [6, 6.07) is 3.59. The van der Waals surface area contributed by atoms with E-state index >= 15 is 0 Å². The molecule has 0 radical (unpaired) electrons. The van der Waals surface area contributed by atoms with Gasteiger partial charge in [-0.1, -0.05) is 0 Å². The van der Waals surface area contributed by atoms with Gasteiger partial charge in [0.1, 0.15) is 6.26 Å². The number of nitrogens with zero attached hydrogens (tertiary/aromatic N) is 2. The van der Waals surface area contributed by atoms with Crippen LogP contribution in [0.2, 0.25) is 0 Å². The van der Waals surface area contributed by atoms with Crippen LogP contribution in [0.1, 0.15) is 26.5 Å². The molecule has 2 aromatic heterocycles. The molecule has 0 aliphatic carbocycles. The average molecular weight is 247 g/mol. The van der Waals surface area contributed by atoms with Crippen LogP contribution in [0.15, 0.2) is 35.2 Å². The first-order chi connectivity index (χ1) is 8.53. The number of rotatable bonds is 4. The highest BCUT2D eigenvalue weighted by molar-refractivity contribution is 5.19. The summed E-state index contributed by atoms with van der Waals surface area (Å²) in [7, 11) is 0. The molecule has 5 heteroatoms. The largest absolute Gasteiger partial charge is 0.417 e. The molecule has 0 atom stereocenters. The van der Waals surface area contributed by atoms with E-state index in [0.717, 1.165) is 5.69 Å². The van der Waals surface area contributed by atoms with Crippen LogP contribution in [0, 0.1) is 0 Å². The minimum absolute atomic E-state index is 0.0450. The second-order valence-corrected chi connectivity index (χ2v) is 5.00. The zero-order valence-electron chi connectivity index (χ0n) is 10.8. The Balaban J connectivity index is 1.94. The van der Waals surface area contributed by atoms with Crippen LogP contribution in [0.4, 0.5) is 0 Å². The minimum Gasteiger partial charge on any atom is -0.417 e.